The molecule has 0 saturated heterocycles. The second-order valence-corrected chi connectivity index (χ2v) is 3.91. The molecule has 15 heavy (non-hydrogen) atoms. The first-order valence-electron chi connectivity index (χ1n) is 5.69. The summed E-state index contributed by atoms with van der Waals surface area (Å²) in [5.74, 6) is 0.938. The van der Waals surface area contributed by atoms with E-state index < -0.39 is 0 Å². The second-order valence-electron chi connectivity index (χ2n) is 3.91. The minimum Gasteiger partial charge on any atom is -0.490 e. The Hall–Kier alpha value is -1.02. The standard InChI is InChI=1S/C13H21NO/c1-4-12(5-2)15-13-8-6-11(7-9-13)10(3)14/h6-10,12H,4-5,14H2,1-3H3/t10-/m1/s1. The van der Waals surface area contributed by atoms with Crippen LogP contribution in [0.2, 0.25) is 0 Å². The predicted octanol–water partition coefficient (Wildman–Crippen LogP) is 3.27. The van der Waals surface area contributed by atoms with E-state index in [9.17, 15) is 0 Å². The maximum atomic E-state index is 5.81. The van der Waals surface area contributed by atoms with E-state index in [4.69, 9.17) is 10.5 Å². The number of hydrogen-bond donors (Lipinski definition) is 1. The summed E-state index contributed by atoms with van der Waals surface area (Å²) < 4.78 is 5.81. The van der Waals surface area contributed by atoms with Crippen molar-refractivity contribution in [3.63, 3.8) is 0 Å². The van der Waals surface area contributed by atoms with Crippen molar-refractivity contribution in [1.29, 1.82) is 0 Å². The van der Waals surface area contributed by atoms with Crippen LogP contribution in [0.25, 0.3) is 0 Å². The fraction of sp³-hybridized carbons (Fsp3) is 0.538. The number of ether oxygens (including phenoxy) is 1. The molecular formula is C13H21NO. The smallest absolute Gasteiger partial charge is 0.119 e. The molecule has 1 aromatic rings. The molecule has 2 nitrogen and oxygen atoms in total. The second kappa shape index (κ2) is 5.76. The Kier molecular flexibility index (Phi) is 4.63. The molecule has 0 aliphatic heterocycles. The number of nitrogens with two attached hydrogens (primary N) is 1. The third-order valence-electron chi connectivity index (χ3n) is 2.62. The third-order valence-corrected chi connectivity index (χ3v) is 2.62. The van der Waals surface area contributed by atoms with E-state index in [0.717, 1.165) is 24.2 Å². The van der Waals surface area contributed by atoms with Gasteiger partial charge in [0.05, 0.1) is 6.10 Å². The fourth-order valence-electron chi connectivity index (χ4n) is 1.50. The monoisotopic (exact) mass is 207 g/mol. The summed E-state index contributed by atoms with van der Waals surface area (Å²) in [5.41, 5.74) is 6.92. The van der Waals surface area contributed by atoms with Crippen molar-refractivity contribution in [2.45, 2.75) is 45.8 Å². The van der Waals surface area contributed by atoms with E-state index in [1.54, 1.807) is 0 Å². The van der Waals surface area contributed by atoms with Gasteiger partial charge in [-0.25, -0.2) is 0 Å². The highest BCUT2D eigenvalue weighted by Crippen LogP contribution is 2.18. The van der Waals surface area contributed by atoms with Gasteiger partial charge in [0.15, 0.2) is 0 Å². The highest BCUT2D eigenvalue weighted by Gasteiger charge is 2.05. The zero-order chi connectivity index (χ0) is 11.3. The lowest BCUT2D eigenvalue weighted by atomic mass is 10.1. The van der Waals surface area contributed by atoms with Gasteiger partial charge in [0.1, 0.15) is 5.75 Å². The molecule has 1 aromatic carbocycles. The van der Waals surface area contributed by atoms with Crippen LogP contribution in [0, 0.1) is 0 Å². The van der Waals surface area contributed by atoms with Crippen molar-refractivity contribution < 1.29 is 4.74 Å². The van der Waals surface area contributed by atoms with Crippen LogP contribution in [0.1, 0.15) is 45.2 Å². The van der Waals surface area contributed by atoms with Crippen LogP contribution in [0.3, 0.4) is 0 Å². The minimum atomic E-state index is 0.0900. The van der Waals surface area contributed by atoms with Crippen molar-refractivity contribution in [2.75, 3.05) is 0 Å². The van der Waals surface area contributed by atoms with Gasteiger partial charge in [0.25, 0.3) is 0 Å². The first-order valence-corrected chi connectivity index (χ1v) is 5.69. The highest BCUT2D eigenvalue weighted by atomic mass is 16.5. The van der Waals surface area contributed by atoms with Gasteiger partial charge in [-0.05, 0) is 37.5 Å². The zero-order valence-corrected chi connectivity index (χ0v) is 9.86. The maximum absolute atomic E-state index is 5.81. The molecule has 0 radical (unpaired) electrons. The summed E-state index contributed by atoms with van der Waals surface area (Å²) in [4.78, 5) is 0. The molecule has 0 aliphatic carbocycles. The molecule has 84 valence electrons. The van der Waals surface area contributed by atoms with Gasteiger partial charge in [0.2, 0.25) is 0 Å². The normalized spacial score (nSPS) is 12.9. The van der Waals surface area contributed by atoms with Gasteiger partial charge >= 0.3 is 0 Å². The van der Waals surface area contributed by atoms with Crippen LogP contribution in [0.15, 0.2) is 24.3 Å². The Labute approximate surface area is 92.4 Å². The third kappa shape index (κ3) is 3.56. The summed E-state index contributed by atoms with van der Waals surface area (Å²) in [6.45, 7) is 6.27. The molecular weight excluding hydrogens is 186 g/mol. The summed E-state index contributed by atoms with van der Waals surface area (Å²) >= 11 is 0. The Morgan fingerprint density at radius 1 is 1.13 bits per heavy atom. The Balaban J connectivity index is 2.63. The van der Waals surface area contributed by atoms with Crippen molar-refractivity contribution >= 4 is 0 Å². The number of rotatable bonds is 5. The molecule has 0 spiro atoms. The van der Waals surface area contributed by atoms with Gasteiger partial charge in [0, 0.05) is 6.04 Å². The molecule has 0 aromatic heterocycles. The van der Waals surface area contributed by atoms with Gasteiger partial charge in [-0.2, -0.15) is 0 Å². The van der Waals surface area contributed by atoms with E-state index in [1.807, 2.05) is 31.2 Å². The maximum Gasteiger partial charge on any atom is 0.119 e. The quantitative estimate of drug-likeness (QED) is 0.804. The van der Waals surface area contributed by atoms with E-state index in [0.29, 0.717) is 6.10 Å². The highest BCUT2D eigenvalue weighted by molar-refractivity contribution is 5.28. The molecule has 0 saturated carbocycles. The molecule has 1 rings (SSSR count). The molecule has 0 aliphatic rings. The Morgan fingerprint density at radius 3 is 2.07 bits per heavy atom. The molecule has 0 fully saturated rings. The average molecular weight is 207 g/mol. The van der Waals surface area contributed by atoms with E-state index in [1.165, 1.54) is 0 Å². The van der Waals surface area contributed by atoms with Gasteiger partial charge in [-0.1, -0.05) is 26.0 Å². The molecule has 0 bridgehead atoms. The van der Waals surface area contributed by atoms with Crippen LogP contribution < -0.4 is 10.5 Å². The summed E-state index contributed by atoms with van der Waals surface area (Å²) in [5, 5.41) is 0. The first-order chi connectivity index (χ1) is 7.17. The molecule has 0 amide bonds. The van der Waals surface area contributed by atoms with Gasteiger partial charge in [-0.15, -0.1) is 0 Å². The van der Waals surface area contributed by atoms with Crippen LogP contribution in [0.4, 0.5) is 0 Å². The Morgan fingerprint density at radius 2 is 1.67 bits per heavy atom. The SMILES string of the molecule is CCC(CC)Oc1ccc([C@@H](C)N)cc1. The predicted molar refractivity (Wildman–Crippen MR) is 64.0 cm³/mol. The zero-order valence-electron chi connectivity index (χ0n) is 9.86. The van der Waals surface area contributed by atoms with Crippen LogP contribution >= 0.6 is 0 Å². The first kappa shape index (κ1) is 12.1. The Bertz CT molecular complexity index is 275. The lowest BCUT2D eigenvalue weighted by molar-refractivity contribution is 0.193. The summed E-state index contributed by atoms with van der Waals surface area (Å²) in [6.07, 6.45) is 2.42. The van der Waals surface area contributed by atoms with Crippen molar-refractivity contribution in [3.8, 4) is 5.75 Å². The topological polar surface area (TPSA) is 35.2 Å². The van der Waals surface area contributed by atoms with E-state index in [-0.39, 0.29) is 6.04 Å². The minimum absolute atomic E-state index is 0.0900. The van der Waals surface area contributed by atoms with E-state index >= 15 is 0 Å². The summed E-state index contributed by atoms with van der Waals surface area (Å²) in [6, 6.07) is 8.14. The van der Waals surface area contributed by atoms with Gasteiger partial charge < -0.3 is 10.5 Å². The molecule has 2 N–H and O–H groups in total. The van der Waals surface area contributed by atoms with E-state index in [2.05, 4.69) is 13.8 Å². The largest absolute Gasteiger partial charge is 0.490 e. The van der Waals surface area contributed by atoms with Crippen LogP contribution in [-0.4, -0.2) is 6.10 Å². The lowest BCUT2D eigenvalue weighted by Gasteiger charge is -2.16. The van der Waals surface area contributed by atoms with Crippen molar-refractivity contribution in [2.24, 2.45) is 5.73 Å². The van der Waals surface area contributed by atoms with Crippen molar-refractivity contribution in [1.82, 2.24) is 0 Å². The average Bonchev–Trinajstić information content (AvgIpc) is 2.26. The van der Waals surface area contributed by atoms with Crippen LogP contribution in [-0.2, 0) is 0 Å². The van der Waals surface area contributed by atoms with Crippen LogP contribution in [0.5, 0.6) is 5.75 Å². The molecule has 0 unspecified atom stereocenters. The molecule has 2 heteroatoms. The fourth-order valence-corrected chi connectivity index (χ4v) is 1.50. The molecule has 1 atom stereocenters. The van der Waals surface area contributed by atoms with Gasteiger partial charge in [-0.3, -0.25) is 0 Å². The number of hydrogen-bond acceptors (Lipinski definition) is 2. The van der Waals surface area contributed by atoms with Crippen molar-refractivity contribution in [3.05, 3.63) is 29.8 Å². The number of benzene rings is 1. The lowest BCUT2D eigenvalue weighted by Crippen LogP contribution is -2.13. The molecule has 0 heterocycles. The summed E-state index contributed by atoms with van der Waals surface area (Å²) in [7, 11) is 0.